The van der Waals surface area contributed by atoms with E-state index in [2.05, 4.69) is 15.5 Å². The second kappa shape index (κ2) is 8.20. The number of hydrazone groups is 1. The zero-order valence-electron chi connectivity index (χ0n) is 14.4. The Morgan fingerprint density at radius 2 is 1.93 bits per heavy atom. The molecule has 3 rings (SSSR count). The molecule has 0 bridgehead atoms. The van der Waals surface area contributed by atoms with Gasteiger partial charge in [-0.3, -0.25) is 15.2 Å². The van der Waals surface area contributed by atoms with Crippen molar-refractivity contribution in [3.63, 3.8) is 0 Å². The average molecular weight is 421 g/mol. The minimum atomic E-state index is -0.824. The van der Waals surface area contributed by atoms with Gasteiger partial charge in [0.1, 0.15) is 11.3 Å². The van der Waals surface area contributed by atoms with Crippen molar-refractivity contribution in [2.75, 3.05) is 12.5 Å². The van der Waals surface area contributed by atoms with Gasteiger partial charge in [-0.1, -0.05) is 41.4 Å². The van der Waals surface area contributed by atoms with Crippen LogP contribution in [0.3, 0.4) is 0 Å². The summed E-state index contributed by atoms with van der Waals surface area (Å²) in [7, 11) is 1.42. The number of ether oxygens (including phenoxy) is 1. The fourth-order valence-corrected chi connectivity index (χ4v) is 2.79. The second-order valence-electron chi connectivity index (χ2n) is 5.48. The molecule has 0 amide bonds. The van der Waals surface area contributed by atoms with Crippen LogP contribution in [0.5, 0.6) is 11.6 Å². The Morgan fingerprint density at radius 1 is 1.18 bits per heavy atom. The molecule has 10 heteroatoms. The Hall–Kier alpha value is -3.23. The number of para-hydroxylation sites is 2. The standard InChI is InChI=1S/C18H14Cl2N4O4/c1-28-14-8-3-2-7-13(14)24-17(26)10(16(25)22-18(24)27)9-21-23-12-6-4-5-11(19)15(12)20/h2-9,23,26H,1H3,(H,22,25,27). The monoisotopic (exact) mass is 420 g/mol. The number of rotatable bonds is 5. The molecule has 28 heavy (non-hydrogen) atoms. The quantitative estimate of drug-likeness (QED) is 0.434. The minimum absolute atomic E-state index is 0.240. The predicted octanol–water partition coefficient (Wildman–Crippen LogP) is 2.99. The second-order valence-corrected chi connectivity index (χ2v) is 6.26. The molecule has 3 aromatic rings. The van der Waals surface area contributed by atoms with Gasteiger partial charge in [0.2, 0.25) is 5.88 Å². The maximum Gasteiger partial charge on any atom is 0.335 e. The van der Waals surface area contributed by atoms with Crippen LogP contribution in [0.15, 0.2) is 57.2 Å². The van der Waals surface area contributed by atoms with E-state index in [4.69, 9.17) is 27.9 Å². The molecule has 0 fully saturated rings. The van der Waals surface area contributed by atoms with Gasteiger partial charge >= 0.3 is 5.69 Å². The van der Waals surface area contributed by atoms with Crippen LogP contribution in [0.25, 0.3) is 5.69 Å². The molecule has 0 aliphatic carbocycles. The van der Waals surface area contributed by atoms with Crippen LogP contribution in [-0.4, -0.2) is 28.0 Å². The molecule has 1 heterocycles. The Bertz CT molecular complexity index is 1170. The fraction of sp³-hybridized carbons (Fsp3) is 0.0556. The third kappa shape index (κ3) is 3.73. The van der Waals surface area contributed by atoms with Crippen molar-refractivity contribution in [3.05, 3.63) is 78.9 Å². The van der Waals surface area contributed by atoms with Crippen LogP contribution in [0.4, 0.5) is 5.69 Å². The molecule has 0 aliphatic heterocycles. The van der Waals surface area contributed by atoms with Gasteiger partial charge in [-0.15, -0.1) is 0 Å². The highest BCUT2D eigenvalue weighted by molar-refractivity contribution is 6.43. The number of methoxy groups -OCH3 is 1. The Balaban J connectivity index is 2.04. The molecule has 144 valence electrons. The molecular weight excluding hydrogens is 407 g/mol. The van der Waals surface area contributed by atoms with E-state index in [1.165, 1.54) is 7.11 Å². The van der Waals surface area contributed by atoms with Gasteiger partial charge < -0.3 is 9.84 Å². The molecule has 1 aromatic heterocycles. The van der Waals surface area contributed by atoms with E-state index in [-0.39, 0.29) is 16.3 Å². The number of nitrogens with one attached hydrogen (secondary N) is 2. The van der Waals surface area contributed by atoms with E-state index in [9.17, 15) is 14.7 Å². The number of benzene rings is 2. The maximum atomic E-state index is 12.3. The summed E-state index contributed by atoms with van der Waals surface area (Å²) in [5, 5.41) is 15.0. The van der Waals surface area contributed by atoms with E-state index in [0.717, 1.165) is 10.8 Å². The van der Waals surface area contributed by atoms with Crippen LogP contribution in [0.1, 0.15) is 5.56 Å². The van der Waals surface area contributed by atoms with Gasteiger partial charge in [0.05, 0.1) is 34.7 Å². The van der Waals surface area contributed by atoms with Crippen LogP contribution in [0.2, 0.25) is 10.0 Å². The Morgan fingerprint density at radius 3 is 2.68 bits per heavy atom. The van der Waals surface area contributed by atoms with E-state index in [1.54, 1.807) is 42.5 Å². The number of hydrogen-bond acceptors (Lipinski definition) is 6. The number of H-pyrrole nitrogens is 1. The highest BCUT2D eigenvalue weighted by Gasteiger charge is 2.17. The molecule has 8 nitrogen and oxygen atoms in total. The fourth-order valence-electron chi connectivity index (χ4n) is 2.45. The molecule has 0 aliphatic rings. The molecule has 0 saturated carbocycles. The van der Waals surface area contributed by atoms with Crippen LogP contribution >= 0.6 is 23.2 Å². The van der Waals surface area contributed by atoms with Crippen molar-refractivity contribution in [2.24, 2.45) is 5.10 Å². The zero-order chi connectivity index (χ0) is 20.3. The van der Waals surface area contributed by atoms with Crippen molar-refractivity contribution in [1.29, 1.82) is 0 Å². The summed E-state index contributed by atoms with van der Waals surface area (Å²) in [6.07, 6.45) is 1.07. The molecule has 0 radical (unpaired) electrons. The number of aromatic hydroxyl groups is 1. The van der Waals surface area contributed by atoms with Crippen molar-refractivity contribution in [3.8, 4) is 17.3 Å². The highest BCUT2D eigenvalue weighted by atomic mass is 35.5. The summed E-state index contributed by atoms with van der Waals surface area (Å²) >= 11 is 12.0. The predicted molar refractivity (Wildman–Crippen MR) is 109 cm³/mol. The lowest BCUT2D eigenvalue weighted by molar-refractivity contribution is 0.401. The van der Waals surface area contributed by atoms with Crippen LogP contribution in [-0.2, 0) is 0 Å². The summed E-state index contributed by atoms with van der Waals surface area (Å²) in [4.78, 5) is 26.5. The van der Waals surface area contributed by atoms with Crippen molar-refractivity contribution < 1.29 is 9.84 Å². The molecule has 2 aromatic carbocycles. The largest absolute Gasteiger partial charge is 0.495 e. The smallest absolute Gasteiger partial charge is 0.335 e. The average Bonchev–Trinajstić information content (AvgIpc) is 2.67. The number of aromatic amines is 1. The first-order chi connectivity index (χ1) is 13.4. The van der Waals surface area contributed by atoms with Gasteiger partial charge in [0.25, 0.3) is 5.56 Å². The van der Waals surface area contributed by atoms with E-state index < -0.39 is 17.1 Å². The maximum absolute atomic E-state index is 12.3. The molecular formula is C18H14Cl2N4O4. The first-order valence-electron chi connectivity index (χ1n) is 7.88. The SMILES string of the molecule is COc1ccccc1-n1c(O)c(C=NNc2cccc(Cl)c2Cl)c(=O)[nH]c1=O. The topological polar surface area (TPSA) is 109 Å². The van der Waals surface area contributed by atoms with Crippen LogP contribution in [0, 0.1) is 0 Å². The van der Waals surface area contributed by atoms with Gasteiger partial charge in [0, 0.05) is 0 Å². The normalized spacial score (nSPS) is 11.0. The number of halogens is 2. The number of hydrogen-bond donors (Lipinski definition) is 3. The molecule has 3 N–H and O–H groups in total. The zero-order valence-corrected chi connectivity index (χ0v) is 16.0. The third-order valence-electron chi connectivity index (χ3n) is 3.78. The number of aromatic nitrogens is 2. The molecule has 0 unspecified atom stereocenters. The van der Waals surface area contributed by atoms with Gasteiger partial charge in [-0.25, -0.2) is 9.36 Å². The summed E-state index contributed by atoms with van der Waals surface area (Å²) in [5.41, 5.74) is 1.41. The van der Waals surface area contributed by atoms with Crippen molar-refractivity contribution >= 4 is 35.1 Å². The van der Waals surface area contributed by atoms with E-state index in [1.807, 2.05) is 0 Å². The van der Waals surface area contributed by atoms with E-state index in [0.29, 0.717) is 16.5 Å². The van der Waals surface area contributed by atoms with Crippen molar-refractivity contribution in [1.82, 2.24) is 9.55 Å². The van der Waals surface area contributed by atoms with Gasteiger partial charge in [-0.2, -0.15) is 5.10 Å². The van der Waals surface area contributed by atoms with Gasteiger partial charge in [0.15, 0.2) is 0 Å². The first kappa shape index (κ1) is 19.5. The minimum Gasteiger partial charge on any atom is -0.495 e. The molecule has 0 atom stereocenters. The summed E-state index contributed by atoms with van der Waals surface area (Å²) in [6, 6.07) is 11.4. The summed E-state index contributed by atoms with van der Waals surface area (Å²) in [6.45, 7) is 0. The van der Waals surface area contributed by atoms with Gasteiger partial charge in [-0.05, 0) is 24.3 Å². The van der Waals surface area contributed by atoms with Crippen LogP contribution < -0.4 is 21.4 Å². The van der Waals surface area contributed by atoms with Crippen molar-refractivity contribution in [2.45, 2.75) is 0 Å². The van der Waals surface area contributed by atoms with E-state index >= 15 is 0 Å². The lowest BCUT2D eigenvalue weighted by Gasteiger charge is -2.12. The third-order valence-corrected chi connectivity index (χ3v) is 4.60. The summed E-state index contributed by atoms with van der Waals surface area (Å²) < 4.78 is 6.12. The highest BCUT2D eigenvalue weighted by Crippen LogP contribution is 2.29. The summed E-state index contributed by atoms with van der Waals surface area (Å²) in [5.74, 6) is -0.264. The Labute approximate surface area is 168 Å². The Kier molecular flexibility index (Phi) is 5.72. The lowest BCUT2D eigenvalue weighted by Crippen LogP contribution is -2.31. The molecule has 0 saturated heterocycles. The number of nitrogens with zero attached hydrogens (tertiary/aromatic N) is 2. The number of anilines is 1. The first-order valence-corrected chi connectivity index (χ1v) is 8.64. The molecule has 0 spiro atoms. The lowest BCUT2D eigenvalue weighted by atomic mass is 10.2.